The van der Waals surface area contributed by atoms with Crippen molar-refractivity contribution in [3.8, 4) is 0 Å². The van der Waals surface area contributed by atoms with E-state index in [1.165, 1.54) is 6.39 Å². The van der Waals surface area contributed by atoms with Crippen LogP contribution in [0.3, 0.4) is 0 Å². The zero-order valence-electron chi connectivity index (χ0n) is 13.6. The zero-order chi connectivity index (χ0) is 15.5. The highest BCUT2D eigenvalue weighted by atomic mass is 16.3. The van der Waals surface area contributed by atoms with Crippen molar-refractivity contribution in [1.29, 1.82) is 0 Å². The van der Waals surface area contributed by atoms with Gasteiger partial charge in [-0.2, -0.15) is 0 Å². The van der Waals surface area contributed by atoms with Crippen LogP contribution < -0.4 is 0 Å². The molecule has 2 fully saturated rings. The summed E-state index contributed by atoms with van der Waals surface area (Å²) in [6.07, 6.45) is 4.63. The van der Waals surface area contributed by atoms with Crippen LogP contribution in [0.25, 0.3) is 0 Å². The van der Waals surface area contributed by atoms with Gasteiger partial charge < -0.3 is 19.1 Å². The molecule has 122 valence electrons. The summed E-state index contributed by atoms with van der Waals surface area (Å²) in [5, 5.41) is 0. The van der Waals surface area contributed by atoms with Crippen LogP contribution in [-0.4, -0.2) is 79.0 Å². The summed E-state index contributed by atoms with van der Waals surface area (Å²) in [5.74, 6) is 1.20. The van der Waals surface area contributed by atoms with Crippen molar-refractivity contribution in [3.63, 3.8) is 0 Å². The number of piperazine rings is 1. The average molecular weight is 306 g/mol. The van der Waals surface area contributed by atoms with E-state index in [0.29, 0.717) is 11.6 Å². The molecule has 6 heteroatoms. The number of aromatic nitrogens is 1. The Kier molecular flexibility index (Phi) is 4.78. The van der Waals surface area contributed by atoms with Gasteiger partial charge in [-0.25, -0.2) is 4.98 Å². The van der Waals surface area contributed by atoms with Crippen LogP contribution in [0.4, 0.5) is 0 Å². The summed E-state index contributed by atoms with van der Waals surface area (Å²) in [5.41, 5.74) is 0.518. The van der Waals surface area contributed by atoms with Gasteiger partial charge in [0.15, 0.2) is 12.1 Å². The van der Waals surface area contributed by atoms with E-state index in [9.17, 15) is 4.79 Å². The summed E-state index contributed by atoms with van der Waals surface area (Å²) in [4.78, 5) is 23.2. The Morgan fingerprint density at radius 3 is 2.77 bits per heavy atom. The summed E-state index contributed by atoms with van der Waals surface area (Å²) < 4.78 is 5.40. The second-order valence-corrected chi connectivity index (χ2v) is 6.56. The lowest BCUT2D eigenvalue weighted by molar-refractivity contribution is 0.0776. The standard InChI is InChI=1S/C16H26N4O2/c1-18-8-10-20(11-9-18)7-3-6-19(2)16(21)14-15(13-4-5-13)22-12-17-14/h12-13H,3-11H2,1-2H3. The largest absolute Gasteiger partial charge is 0.447 e. The number of hydrogen-bond acceptors (Lipinski definition) is 5. The van der Waals surface area contributed by atoms with E-state index in [-0.39, 0.29) is 5.91 Å². The highest BCUT2D eigenvalue weighted by Gasteiger charge is 2.33. The second kappa shape index (κ2) is 6.79. The Morgan fingerprint density at radius 2 is 2.09 bits per heavy atom. The van der Waals surface area contributed by atoms with E-state index in [1.54, 1.807) is 4.90 Å². The SMILES string of the molecule is CN1CCN(CCCN(C)C(=O)c2ncoc2C2CC2)CC1. The topological polar surface area (TPSA) is 52.8 Å². The van der Waals surface area contributed by atoms with Crippen LogP contribution in [0.1, 0.15) is 41.4 Å². The van der Waals surface area contributed by atoms with Gasteiger partial charge >= 0.3 is 0 Å². The van der Waals surface area contributed by atoms with Crippen molar-refractivity contribution in [1.82, 2.24) is 19.7 Å². The lowest BCUT2D eigenvalue weighted by Crippen LogP contribution is -2.45. The van der Waals surface area contributed by atoms with Gasteiger partial charge in [0.2, 0.25) is 0 Å². The molecule has 6 nitrogen and oxygen atoms in total. The Balaban J connectivity index is 1.44. The number of hydrogen-bond donors (Lipinski definition) is 0. The van der Waals surface area contributed by atoms with Gasteiger partial charge in [-0.1, -0.05) is 0 Å². The van der Waals surface area contributed by atoms with Crippen molar-refractivity contribution in [2.75, 3.05) is 53.4 Å². The summed E-state index contributed by atoms with van der Waals surface area (Å²) in [6, 6.07) is 0. The van der Waals surface area contributed by atoms with Crippen LogP contribution in [0, 0.1) is 0 Å². The van der Waals surface area contributed by atoms with Crippen molar-refractivity contribution in [2.24, 2.45) is 0 Å². The van der Waals surface area contributed by atoms with E-state index in [2.05, 4.69) is 21.8 Å². The molecule has 0 radical (unpaired) electrons. The van der Waals surface area contributed by atoms with E-state index in [4.69, 9.17) is 4.42 Å². The third kappa shape index (κ3) is 3.67. The molecule has 1 saturated heterocycles. The van der Waals surface area contributed by atoms with Crippen LogP contribution in [0.5, 0.6) is 0 Å². The molecule has 0 atom stereocenters. The Morgan fingerprint density at radius 1 is 1.36 bits per heavy atom. The van der Waals surface area contributed by atoms with Gasteiger partial charge in [-0.15, -0.1) is 0 Å². The molecule has 1 aromatic rings. The van der Waals surface area contributed by atoms with Crippen molar-refractivity contribution in [3.05, 3.63) is 17.8 Å². The molecule has 0 aromatic carbocycles. The molecule has 1 saturated carbocycles. The fourth-order valence-corrected chi connectivity index (χ4v) is 2.94. The number of nitrogens with zero attached hydrogens (tertiary/aromatic N) is 4. The first kappa shape index (κ1) is 15.5. The predicted octanol–water partition coefficient (Wildman–Crippen LogP) is 1.26. The lowest BCUT2D eigenvalue weighted by Gasteiger charge is -2.32. The molecular formula is C16H26N4O2. The maximum atomic E-state index is 12.5. The normalized spacial score (nSPS) is 20.3. The Hall–Kier alpha value is -1.40. The molecule has 0 N–H and O–H groups in total. The summed E-state index contributed by atoms with van der Waals surface area (Å²) in [6.45, 7) is 6.35. The summed E-state index contributed by atoms with van der Waals surface area (Å²) >= 11 is 0. The maximum Gasteiger partial charge on any atom is 0.275 e. The van der Waals surface area contributed by atoms with E-state index in [1.807, 2.05) is 7.05 Å². The van der Waals surface area contributed by atoms with E-state index in [0.717, 1.165) is 64.3 Å². The number of oxazole rings is 1. The summed E-state index contributed by atoms with van der Waals surface area (Å²) in [7, 11) is 4.02. The minimum absolute atomic E-state index is 0.00553. The average Bonchev–Trinajstić information content (AvgIpc) is 3.25. The molecule has 0 bridgehead atoms. The third-order valence-corrected chi connectivity index (χ3v) is 4.66. The minimum Gasteiger partial charge on any atom is -0.447 e. The molecular weight excluding hydrogens is 280 g/mol. The van der Waals surface area contributed by atoms with Gasteiger partial charge in [0.05, 0.1) is 0 Å². The van der Waals surface area contributed by atoms with Gasteiger partial charge in [-0.3, -0.25) is 4.79 Å². The fraction of sp³-hybridized carbons (Fsp3) is 0.750. The lowest BCUT2D eigenvalue weighted by atomic mass is 10.2. The van der Waals surface area contributed by atoms with Gasteiger partial charge in [-0.05, 0) is 32.9 Å². The molecule has 1 aromatic heterocycles. The first-order chi connectivity index (χ1) is 10.6. The molecule has 3 rings (SSSR count). The van der Waals surface area contributed by atoms with Crippen molar-refractivity contribution < 1.29 is 9.21 Å². The monoisotopic (exact) mass is 306 g/mol. The molecule has 0 unspecified atom stereocenters. The number of amides is 1. The second-order valence-electron chi connectivity index (χ2n) is 6.56. The third-order valence-electron chi connectivity index (χ3n) is 4.66. The molecule has 22 heavy (non-hydrogen) atoms. The molecule has 1 aliphatic heterocycles. The highest BCUT2D eigenvalue weighted by Crippen LogP contribution is 2.41. The number of carbonyl (C=O) groups is 1. The highest BCUT2D eigenvalue weighted by molar-refractivity contribution is 5.93. The van der Waals surface area contributed by atoms with Crippen LogP contribution in [0.15, 0.2) is 10.8 Å². The van der Waals surface area contributed by atoms with Crippen molar-refractivity contribution in [2.45, 2.75) is 25.2 Å². The van der Waals surface area contributed by atoms with E-state index < -0.39 is 0 Å². The quantitative estimate of drug-likeness (QED) is 0.792. The number of likely N-dealkylation sites (N-methyl/N-ethyl adjacent to an activating group) is 1. The Bertz CT molecular complexity index is 504. The van der Waals surface area contributed by atoms with Crippen LogP contribution in [-0.2, 0) is 0 Å². The van der Waals surface area contributed by atoms with Crippen molar-refractivity contribution >= 4 is 5.91 Å². The molecule has 2 heterocycles. The first-order valence-electron chi connectivity index (χ1n) is 8.25. The van der Waals surface area contributed by atoms with Gasteiger partial charge in [0.25, 0.3) is 5.91 Å². The van der Waals surface area contributed by atoms with Gasteiger partial charge in [0, 0.05) is 45.7 Å². The maximum absolute atomic E-state index is 12.5. The zero-order valence-corrected chi connectivity index (χ0v) is 13.6. The Labute approximate surface area is 132 Å². The fourth-order valence-electron chi connectivity index (χ4n) is 2.94. The van der Waals surface area contributed by atoms with Gasteiger partial charge in [0.1, 0.15) is 5.76 Å². The predicted molar refractivity (Wildman–Crippen MR) is 84.0 cm³/mol. The molecule has 0 spiro atoms. The molecule has 2 aliphatic rings. The van der Waals surface area contributed by atoms with Crippen LogP contribution in [0.2, 0.25) is 0 Å². The number of carbonyl (C=O) groups excluding carboxylic acids is 1. The minimum atomic E-state index is -0.00553. The number of rotatable bonds is 6. The smallest absolute Gasteiger partial charge is 0.275 e. The van der Waals surface area contributed by atoms with Crippen LogP contribution >= 0.6 is 0 Å². The first-order valence-corrected chi connectivity index (χ1v) is 8.25. The van der Waals surface area contributed by atoms with E-state index >= 15 is 0 Å². The molecule has 1 aliphatic carbocycles. The molecule has 1 amide bonds.